The lowest BCUT2D eigenvalue weighted by Crippen LogP contribution is -2.10. The predicted octanol–water partition coefficient (Wildman–Crippen LogP) is 1.75. The summed E-state index contributed by atoms with van der Waals surface area (Å²) in [4.78, 5) is 4.24. The van der Waals surface area contributed by atoms with E-state index >= 15 is 0 Å². The molecule has 2 heterocycles. The van der Waals surface area contributed by atoms with Crippen molar-refractivity contribution >= 4 is 0 Å². The van der Waals surface area contributed by atoms with Crippen LogP contribution in [0.25, 0.3) is 0 Å². The molecule has 1 N–H and O–H groups in total. The highest BCUT2D eigenvalue weighted by Crippen LogP contribution is 2.17. The third-order valence-electron chi connectivity index (χ3n) is 2.82. The van der Waals surface area contributed by atoms with Gasteiger partial charge in [0.1, 0.15) is 0 Å². The Bertz CT molecular complexity index is 469. The monoisotopic (exact) mass is 246 g/mol. The molecule has 0 radical (unpaired) electrons. The van der Waals surface area contributed by atoms with E-state index in [2.05, 4.69) is 22.2 Å². The number of aromatic nitrogens is 4. The van der Waals surface area contributed by atoms with Gasteiger partial charge in [-0.05, 0) is 31.4 Å². The average molecular weight is 246 g/mol. The Hall–Kier alpha value is -1.75. The fourth-order valence-corrected chi connectivity index (χ4v) is 1.89. The van der Waals surface area contributed by atoms with Gasteiger partial charge in [0.25, 0.3) is 0 Å². The predicted molar refractivity (Wildman–Crippen MR) is 67.8 cm³/mol. The van der Waals surface area contributed by atoms with Crippen molar-refractivity contribution in [2.24, 2.45) is 0 Å². The fourth-order valence-electron chi connectivity index (χ4n) is 1.89. The van der Waals surface area contributed by atoms with Gasteiger partial charge in [0.05, 0.1) is 18.0 Å². The van der Waals surface area contributed by atoms with Crippen LogP contribution in [0.4, 0.5) is 0 Å². The summed E-state index contributed by atoms with van der Waals surface area (Å²) >= 11 is 0. The molecule has 18 heavy (non-hydrogen) atoms. The summed E-state index contributed by atoms with van der Waals surface area (Å²) < 4.78 is 1.77. The van der Waals surface area contributed by atoms with Crippen molar-refractivity contribution in [2.45, 2.75) is 38.8 Å². The third kappa shape index (κ3) is 3.13. The smallest absolute Gasteiger partial charge is 0.0976 e. The third-order valence-corrected chi connectivity index (χ3v) is 2.82. The number of nitrogens with zero attached hydrogens (tertiary/aromatic N) is 4. The van der Waals surface area contributed by atoms with Crippen LogP contribution in [0, 0.1) is 0 Å². The number of rotatable bonds is 6. The van der Waals surface area contributed by atoms with Gasteiger partial charge in [0.15, 0.2) is 0 Å². The van der Waals surface area contributed by atoms with Gasteiger partial charge in [-0.15, -0.1) is 5.10 Å². The first-order chi connectivity index (χ1) is 8.81. The van der Waals surface area contributed by atoms with Gasteiger partial charge in [0, 0.05) is 18.4 Å². The summed E-state index contributed by atoms with van der Waals surface area (Å²) in [6.45, 7) is 2.86. The molecule has 0 saturated carbocycles. The molecule has 0 spiro atoms. The molecule has 0 fully saturated rings. The quantitative estimate of drug-likeness (QED) is 0.843. The van der Waals surface area contributed by atoms with Crippen LogP contribution in [-0.4, -0.2) is 25.1 Å². The van der Waals surface area contributed by atoms with Crippen molar-refractivity contribution < 1.29 is 5.11 Å². The zero-order chi connectivity index (χ0) is 12.8. The molecule has 5 heteroatoms. The number of pyridine rings is 1. The van der Waals surface area contributed by atoms with Gasteiger partial charge in [-0.25, -0.2) is 4.68 Å². The lowest BCUT2D eigenvalue weighted by molar-refractivity contribution is 0.156. The Morgan fingerprint density at radius 1 is 1.39 bits per heavy atom. The minimum absolute atomic E-state index is 0.534. The Labute approximate surface area is 106 Å². The lowest BCUT2D eigenvalue weighted by Gasteiger charge is -2.11. The summed E-state index contributed by atoms with van der Waals surface area (Å²) in [5.74, 6) is 0. The summed E-state index contributed by atoms with van der Waals surface area (Å²) in [5.41, 5.74) is 1.78. The molecular formula is C13H18N4O. The van der Waals surface area contributed by atoms with Gasteiger partial charge in [-0.3, -0.25) is 4.98 Å². The van der Waals surface area contributed by atoms with Crippen LogP contribution in [0.5, 0.6) is 0 Å². The molecule has 2 aromatic heterocycles. The van der Waals surface area contributed by atoms with Crippen molar-refractivity contribution in [3.05, 3.63) is 42.0 Å². The SMILES string of the molecule is CCCn1nncc1C(O)CCc1ccccn1. The van der Waals surface area contributed by atoms with Crippen molar-refractivity contribution in [1.82, 2.24) is 20.0 Å². The summed E-state index contributed by atoms with van der Waals surface area (Å²) in [5, 5.41) is 18.0. The van der Waals surface area contributed by atoms with Gasteiger partial charge < -0.3 is 5.11 Å². The van der Waals surface area contributed by atoms with E-state index in [9.17, 15) is 5.11 Å². The Kier molecular flexibility index (Phi) is 4.41. The average Bonchev–Trinajstić information content (AvgIpc) is 2.86. The van der Waals surface area contributed by atoms with Crippen LogP contribution >= 0.6 is 0 Å². The second kappa shape index (κ2) is 6.26. The van der Waals surface area contributed by atoms with Crippen molar-refractivity contribution in [1.29, 1.82) is 0 Å². The van der Waals surface area contributed by atoms with Crippen LogP contribution in [0.2, 0.25) is 0 Å². The first-order valence-corrected chi connectivity index (χ1v) is 6.27. The number of hydrogen-bond donors (Lipinski definition) is 1. The van der Waals surface area contributed by atoms with Crippen LogP contribution in [0.1, 0.15) is 37.3 Å². The number of aliphatic hydroxyl groups excluding tert-OH is 1. The Morgan fingerprint density at radius 3 is 3.00 bits per heavy atom. The summed E-state index contributed by atoms with van der Waals surface area (Å²) in [7, 11) is 0. The van der Waals surface area contributed by atoms with Gasteiger partial charge in [-0.1, -0.05) is 18.2 Å². The zero-order valence-electron chi connectivity index (χ0n) is 10.5. The minimum atomic E-state index is -0.534. The fraction of sp³-hybridized carbons (Fsp3) is 0.462. The number of aliphatic hydroxyl groups is 1. The zero-order valence-corrected chi connectivity index (χ0v) is 10.5. The van der Waals surface area contributed by atoms with Gasteiger partial charge in [0.2, 0.25) is 0 Å². The molecule has 2 aromatic rings. The van der Waals surface area contributed by atoms with E-state index in [-0.39, 0.29) is 0 Å². The maximum Gasteiger partial charge on any atom is 0.0976 e. The van der Waals surface area contributed by atoms with E-state index in [1.807, 2.05) is 18.2 Å². The highest BCUT2D eigenvalue weighted by molar-refractivity contribution is 5.05. The van der Waals surface area contributed by atoms with Crippen molar-refractivity contribution in [2.75, 3.05) is 0 Å². The molecule has 1 unspecified atom stereocenters. The molecular weight excluding hydrogens is 228 g/mol. The van der Waals surface area contributed by atoms with Crippen molar-refractivity contribution in [3.8, 4) is 0 Å². The van der Waals surface area contributed by atoms with Crippen LogP contribution in [0.3, 0.4) is 0 Å². The van der Waals surface area contributed by atoms with Gasteiger partial charge >= 0.3 is 0 Å². The minimum Gasteiger partial charge on any atom is -0.387 e. The van der Waals surface area contributed by atoms with E-state index in [1.54, 1.807) is 17.1 Å². The largest absolute Gasteiger partial charge is 0.387 e. The second-order valence-corrected chi connectivity index (χ2v) is 4.26. The first kappa shape index (κ1) is 12.7. The molecule has 0 amide bonds. The maximum atomic E-state index is 10.1. The standard InChI is InChI=1S/C13H18N4O/c1-2-9-17-12(10-15-16-17)13(18)7-6-11-5-3-4-8-14-11/h3-5,8,10,13,18H,2,6-7,9H2,1H3. The molecule has 2 rings (SSSR count). The van der Waals surface area contributed by atoms with Crippen molar-refractivity contribution in [3.63, 3.8) is 0 Å². The molecule has 96 valence electrons. The first-order valence-electron chi connectivity index (χ1n) is 6.27. The number of hydrogen-bond acceptors (Lipinski definition) is 4. The maximum absolute atomic E-state index is 10.1. The topological polar surface area (TPSA) is 63.8 Å². The van der Waals surface area contributed by atoms with Gasteiger partial charge in [-0.2, -0.15) is 0 Å². The highest BCUT2D eigenvalue weighted by Gasteiger charge is 2.13. The normalized spacial score (nSPS) is 12.6. The molecule has 0 aliphatic rings. The molecule has 0 aliphatic heterocycles. The van der Waals surface area contributed by atoms with E-state index in [4.69, 9.17) is 0 Å². The summed E-state index contributed by atoms with van der Waals surface area (Å²) in [6, 6.07) is 5.81. The summed E-state index contributed by atoms with van der Waals surface area (Å²) in [6.07, 6.45) is 5.23. The molecule has 5 nitrogen and oxygen atoms in total. The van der Waals surface area contributed by atoms with Crippen LogP contribution < -0.4 is 0 Å². The van der Waals surface area contributed by atoms with Crippen LogP contribution in [0.15, 0.2) is 30.6 Å². The molecule has 0 saturated heterocycles. The Morgan fingerprint density at radius 2 is 2.28 bits per heavy atom. The lowest BCUT2D eigenvalue weighted by atomic mass is 10.1. The Balaban J connectivity index is 1.95. The van der Waals surface area contributed by atoms with E-state index < -0.39 is 6.10 Å². The second-order valence-electron chi connectivity index (χ2n) is 4.26. The molecule has 0 aromatic carbocycles. The van der Waals surface area contributed by atoms with E-state index in [0.29, 0.717) is 6.42 Å². The van der Waals surface area contributed by atoms with E-state index in [1.165, 1.54) is 0 Å². The highest BCUT2D eigenvalue weighted by atomic mass is 16.3. The van der Waals surface area contributed by atoms with E-state index in [0.717, 1.165) is 30.8 Å². The number of aryl methyl sites for hydroxylation is 2. The molecule has 0 bridgehead atoms. The molecule has 1 atom stereocenters. The van der Waals surface area contributed by atoms with Crippen LogP contribution in [-0.2, 0) is 13.0 Å². The molecule has 0 aliphatic carbocycles.